The van der Waals surface area contributed by atoms with Crippen molar-refractivity contribution in [1.82, 2.24) is 0 Å². The van der Waals surface area contributed by atoms with Gasteiger partial charge in [0.05, 0.1) is 11.3 Å². The van der Waals surface area contributed by atoms with E-state index >= 15 is 0 Å². The van der Waals surface area contributed by atoms with E-state index < -0.39 is 10.9 Å². The quantitative estimate of drug-likeness (QED) is 0.486. The third-order valence-electron chi connectivity index (χ3n) is 2.03. The van der Waals surface area contributed by atoms with E-state index in [9.17, 15) is 14.9 Å². The second-order valence-electron chi connectivity index (χ2n) is 3.15. The van der Waals surface area contributed by atoms with Gasteiger partial charge in [-0.1, -0.05) is 6.07 Å². The lowest BCUT2D eigenvalue weighted by Crippen LogP contribution is -1.97. The van der Waals surface area contributed by atoms with Crippen molar-refractivity contribution in [2.45, 2.75) is 18.2 Å². The van der Waals surface area contributed by atoms with Gasteiger partial charge in [-0.25, -0.2) is 0 Å². The van der Waals surface area contributed by atoms with Crippen LogP contribution in [0.5, 0.6) is 0 Å². The Bertz CT molecular complexity index is 419. The summed E-state index contributed by atoms with van der Waals surface area (Å²) >= 11 is 1.32. The highest BCUT2D eigenvalue weighted by atomic mass is 32.2. The van der Waals surface area contributed by atoms with E-state index in [4.69, 9.17) is 5.11 Å². The number of nitrogens with zero attached hydrogens (tertiary/aromatic N) is 1. The molecule has 5 nitrogen and oxygen atoms in total. The lowest BCUT2D eigenvalue weighted by molar-refractivity contribution is -0.385. The molecule has 0 unspecified atom stereocenters. The van der Waals surface area contributed by atoms with Gasteiger partial charge in [-0.2, -0.15) is 0 Å². The number of carbonyl (C=O) groups is 1. The van der Waals surface area contributed by atoms with Gasteiger partial charge in [0.15, 0.2) is 0 Å². The predicted molar refractivity (Wildman–Crippen MR) is 60.8 cm³/mol. The lowest BCUT2D eigenvalue weighted by Gasteiger charge is -2.04. The number of rotatable bonds is 5. The molecule has 1 aromatic carbocycles. The molecular formula is C10H11NO4S. The van der Waals surface area contributed by atoms with Gasteiger partial charge in [-0.3, -0.25) is 14.9 Å². The first-order chi connectivity index (χ1) is 7.52. The van der Waals surface area contributed by atoms with Crippen LogP contribution in [-0.2, 0) is 4.79 Å². The first-order valence-electron chi connectivity index (χ1n) is 4.61. The zero-order valence-electron chi connectivity index (χ0n) is 8.67. The lowest BCUT2D eigenvalue weighted by atomic mass is 10.2. The molecule has 0 saturated heterocycles. The van der Waals surface area contributed by atoms with Gasteiger partial charge in [-0.15, -0.1) is 11.8 Å². The molecule has 1 rings (SSSR count). The molecule has 86 valence electrons. The third-order valence-corrected chi connectivity index (χ3v) is 3.19. The number of aliphatic carboxylic acids is 1. The largest absolute Gasteiger partial charge is 0.481 e. The van der Waals surface area contributed by atoms with Crippen molar-refractivity contribution in [3.63, 3.8) is 0 Å². The zero-order chi connectivity index (χ0) is 12.1. The maximum atomic E-state index is 10.7. The van der Waals surface area contributed by atoms with Crippen molar-refractivity contribution in [1.29, 1.82) is 0 Å². The molecule has 1 N–H and O–H groups in total. The summed E-state index contributed by atoms with van der Waals surface area (Å²) < 4.78 is 0. The second-order valence-corrected chi connectivity index (χ2v) is 4.29. The number of thioether (sulfide) groups is 1. The van der Waals surface area contributed by atoms with Crippen LogP contribution in [0.25, 0.3) is 0 Å². The molecule has 6 heteroatoms. The Hall–Kier alpha value is -1.56. The van der Waals surface area contributed by atoms with Crippen LogP contribution < -0.4 is 0 Å². The van der Waals surface area contributed by atoms with Gasteiger partial charge >= 0.3 is 5.97 Å². The van der Waals surface area contributed by atoms with Crippen LogP contribution in [0.15, 0.2) is 23.1 Å². The van der Waals surface area contributed by atoms with Gasteiger partial charge < -0.3 is 5.11 Å². The van der Waals surface area contributed by atoms with E-state index in [1.807, 2.05) is 0 Å². The van der Waals surface area contributed by atoms with Crippen LogP contribution in [0.3, 0.4) is 0 Å². The number of carboxylic acids is 1. The van der Waals surface area contributed by atoms with Crippen molar-refractivity contribution < 1.29 is 14.8 Å². The number of nitro groups is 1. The fourth-order valence-corrected chi connectivity index (χ4v) is 2.20. The Kier molecular flexibility index (Phi) is 4.30. The Labute approximate surface area is 96.6 Å². The highest BCUT2D eigenvalue weighted by molar-refractivity contribution is 7.99. The second kappa shape index (κ2) is 5.50. The average molecular weight is 241 g/mol. The maximum Gasteiger partial charge on any atom is 0.304 e. The summed E-state index contributed by atoms with van der Waals surface area (Å²) in [6.07, 6.45) is 0.0484. The summed E-state index contributed by atoms with van der Waals surface area (Å²) in [7, 11) is 0. The molecular weight excluding hydrogens is 230 g/mol. The van der Waals surface area contributed by atoms with Gasteiger partial charge in [-0.05, 0) is 13.0 Å². The molecule has 0 spiro atoms. The minimum Gasteiger partial charge on any atom is -0.481 e. The molecule has 0 aliphatic carbocycles. The summed E-state index contributed by atoms with van der Waals surface area (Å²) in [5.41, 5.74) is 0.656. The van der Waals surface area contributed by atoms with Crippen molar-refractivity contribution in [2.24, 2.45) is 0 Å². The number of benzene rings is 1. The fraction of sp³-hybridized carbons (Fsp3) is 0.300. The first kappa shape index (κ1) is 12.5. The van der Waals surface area contributed by atoms with Crippen LogP contribution in [-0.4, -0.2) is 21.8 Å². The van der Waals surface area contributed by atoms with E-state index in [1.54, 1.807) is 19.1 Å². The molecule has 1 aromatic rings. The fourth-order valence-electron chi connectivity index (χ4n) is 1.21. The minimum atomic E-state index is -0.865. The van der Waals surface area contributed by atoms with Crippen molar-refractivity contribution >= 4 is 23.4 Å². The summed E-state index contributed by atoms with van der Waals surface area (Å²) in [5, 5.41) is 19.1. The monoisotopic (exact) mass is 241 g/mol. The van der Waals surface area contributed by atoms with E-state index in [2.05, 4.69) is 0 Å². The topological polar surface area (TPSA) is 80.4 Å². The van der Waals surface area contributed by atoms with Gasteiger partial charge in [0.25, 0.3) is 5.69 Å². The molecule has 16 heavy (non-hydrogen) atoms. The van der Waals surface area contributed by atoms with Crippen LogP contribution in [0.1, 0.15) is 12.0 Å². The average Bonchev–Trinajstić information content (AvgIpc) is 2.19. The highest BCUT2D eigenvalue weighted by Gasteiger charge is 2.13. The van der Waals surface area contributed by atoms with E-state index in [1.165, 1.54) is 17.8 Å². The Morgan fingerprint density at radius 3 is 2.81 bits per heavy atom. The number of carboxylic acid groups (broad SMARTS) is 1. The molecule has 0 aliphatic heterocycles. The zero-order valence-corrected chi connectivity index (χ0v) is 9.49. The Morgan fingerprint density at radius 2 is 2.25 bits per heavy atom. The molecule has 0 aromatic heterocycles. The minimum absolute atomic E-state index is 0.0484. The number of hydrogen-bond acceptors (Lipinski definition) is 4. The smallest absolute Gasteiger partial charge is 0.304 e. The molecule has 0 heterocycles. The first-order valence-corrected chi connectivity index (χ1v) is 5.59. The molecule has 0 atom stereocenters. The molecule has 0 bridgehead atoms. The molecule has 0 saturated carbocycles. The van der Waals surface area contributed by atoms with E-state index in [0.717, 1.165) is 4.90 Å². The van der Waals surface area contributed by atoms with Crippen LogP contribution in [0.4, 0.5) is 5.69 Å². The standard InChI is InChI=1S/C10H11NO4S/c1-7-8(11(14)15)3-2-4-9(7)16-6-5-10(12)13/h2-4H,5-6H2,1H3,(H,12,13). The summed E-state index contributed by atoms with van der Waals surface area (Å²) in [6.45, 7) is 1.67. The summed E-state index contributed by atoms with van der Waals surface area (Å²) in [6, 6.07) is 4.81. The van der Waals surface area contributed by atoms with Crippen LogP contribution in [0, 0.1) is 17.0 Å². The maximum absolute atomic E-state index is 10.7. The van der Waals surface area contributed by atoms with Gasteiger partial charge in [0.2, 0.25) is 0 Å². The molecule has 0 fully saturated rings. The van der Waals surface area contributed by atoms with Gasteiger partial charge in [0.1, 0.15) is 0 Å². The van der Waals surface area contributed by atoms with Crippen molar-refractivity contribution in [2.75, 3.05) is 5.75 Å². The predicted octanol–water partition coefficient (Wildman–Crippen LogP) is 2.47. The van der Waals surface area contributed by atoms with Crippen LogP contribution >= 0.6 is 11.8 Å². The highest BCUT2D eigenvalue weighted by Crippen LogP contribution is 2.29. The Morgan fingerprint density at radius 1 is 1.56 bits per heavy atom. The normalized spacial score (nSPS) is 10.1. The summed E-state index contributed by atoms with van der Waals surface area (Å²) in [4.78, 5) is 21.3. The van der Waals surface area contributed by atoms with Crippen molar-refractivity contribution in [3.8, 4) is 0 Å². The van der Waals surface area contributed by atoms with Crippen LogP contribution in [0.2, 0.25) is 0 Å². The van der Waals surface area contributed by atoms with Gasteiger partial charge in [0, 0.05) is 22.3 Å². The molecule has 0 amide bonds. The SMILES string of the molecule is Cc1c(SCCC(=O)O)cccc1[N+](=O)[O-]. The number of hydrogen-bond donors (Lipinski definition) is 1. The summed E-state index contributed by atoms with van der Waals surface area (Å²) in [5.74, 6) is -0.451. The molecule has 0 aliphatic rings. The van der Waals surface area contributed by atoms with Crippen molar-refractivity contribution in [3.05, 3.63) is 33.9 Å². The number of nitro benzene ring substituents is 1. The van der Waals surface area contributed by atoms with E-state index in [0.29, 0.717) is 11.3 Å². The molecule has 0 radical (unpaired) electrons. The van der Waals surface area contributed by atoms with E-state index in [-0.39, 0.29) is 12.1 Å². The third kappa shape index (κ3) is 3.23. The Balaban J connectivity index is 2.77.